The van der Waals surface area contributed by atoms with Crippen molar-refractivity contribution in [2.75, 3.05) is 20.1 Å². The number of nitrogens with zero attached hydrogens (tertiary/aromatic N) is 1. The maximum Gasteiger partial charge on any atom is 0.0278 e. The van der Waals surface area contributed by atoms with Gasteiger partial charge in [-0.25, -0.2) is 0 Å². The van der Waals surface area contributed by atoms with Crippen molar-refractivity contribution in [3.63, 3.8) is 0 Å². The molecule has 1 heterocycles. The molecular formula is C11H24N2. The molecule has 0 radical (unpaired) electrons. The zero-order chi connectivity index (χ0) is 10.1. The van der Waals surface area contributed by atoms with E-state index in [1.54, 1.807) is 0 Å². The molecule has 2 unspecified atom stereocenters. The first-order valence-electron chi connectivity index (χ1n) is 5.44. The van der Waals surface area contributed by atoms with Crippen molar-refractivity contribution in [3.8, 4) is 0 Å². The molecule has 0 aromatic carbocycles. The second-order valence-corrected chi connectivity index (χ2v) is 5.02. The van der Waals surface area contributed by atoms with Crippen molar-refractivity contribution >= 4 is 0 Å². The van der Waals surface area contributed by atoms with Crippen LogP contribution in [0.2, 0.25) is 0 Å². The summed E-state index contributed by atoms with van der Waals surface area (Å²) in [7, 11) is 2.25. The van der Waals surface area contributed by atoms with Crippen LogP contribution in [0.25, 0.3) is 0 Å². The van der Waals surface area contributed by atoms with E-state index >= 15 is 0 Å². The molecule has 13 heavy (non-hydrogen) atoms. The Morgan fingerprint density at radius 3 is 2.54 bits per heavy atom. The first kappa shape index (κ1) is 11.0. The summed E-state index contributed by atoms with van der Waals surface area (Å²) >= 11 is 0. The van der Waals surface area contributed by atoms with Crippen molar-refractivity contribution in [2.24, 2.45) is 5.92 Å². The molecule has 2 heteroatoms. The molecule has 0 spiro atoms. The highest BCUT2D eigenvalue weighted by molar-refractivity contribution is 4.93. The van der Waals surface area contributed by atoms with Gasteiger partial charge in [0.25, 0.3) is 0 Å². The maximum absolute atomic E-state index is 3.67. The van der Waals surface area contributed by atoms with Gasteiger partial charge in [-0.05, 0) is 26.3 Å². The van der Waals surface area contributed by atoms with E-state index in [2.05, 4.69) is 45.0 Å². The van der Waals surface area contributed by atoms with E-state index < -0.39 is 0 Å². The van der Waals surface area contributed by atoms with Gasteiger partial charge in [0.05, 0.1) is 0 Å². The molecule has 1 N–H and O–H groups in total. The number of piperazine rings is 1. The summed E-state index contributed by atoms with van der Waals surface area (Å²) in [6, 6.07) is 0.708. The Kier molecular flexibility index (Phi) is 3.36. The Bertz CT molecular complexity index is 167. The maximum atomic E-state index is 3.67. The predicted octanol–water partition coefficient (Wildman–Crippen LogP) is 1.71. The van der Waals surface area contributed by atoms with Gasteiger partial charge in [-0.3, -0.25) is 0 Å². The van der Waals surface area contributed by atoms with E-state index in [1.165, 1.54) is 13.0 Å². The Morgan fingerprint density at radius 2 is 2.15 bits per heavy atom. The standard InChI is InChI=1S/C11H24N2/c1-6-11(4)8-13(5)10(7-12-11)9(2)3/h9-10,12H,6-8H2,1-5H3. The first-order chi connectivity index (χ1) is 5.98. The lowest BCUT2D eigenvalue weighted by Crippen LogP contribution is -2.62. The Labute approximate surface area is 82.7 Å². The summed E-state index contributed by atoms with van der Waals surface area (Å²) in [4.78, 5) is 2.50. The van der Waals surface area contributed by atoms with Gasteiger partial charge in [0.1, 0.15) is 0 Å². The molecule has 2 atom stereocenters. The number of rotatable bonds is 2. The van der Waals surface area contributed by atoms with Crippen LogP contribution >= 0.6 is 0 Å². The van der Waals surface area contributed by atoms with Gasteiger partial charge in [0.15, 0.2) is 0 Å². The van der Waals surface area contributed by atoms with E-state index in [4.69, 9.17) is 0 Å². The molecule has 1 rings (SSSR count). The highest BCUT2D eigenvalue weighted by Crippen LogP contribution is 2.20. The summed E-state index contributed by atoms with van der Waals surface area (Å²) in [5.41, 5.74) is 0.333. The number of hydrogen-bond donors (Lipinski definition) is 1. The topological polar surface area (TPSA) is 15.3 Å². The molecule has 1 saturated heterocycles. The molecule has 2 nitrogen and oxygen atoms in total. The third-order valence-electron chi connectivity index (χ3n) is 3.45. The average molecular weight is 184 g/mol. The van der Waals surface area contributed by atoms with Gasteiger partial charge >= 0.3 is 0 Å². The van der Waals surface area contributed by atoms with E-state index in [-0.39, 0.29) is 0 Å². The predicted molar refractivity (Wildman–Crippen MR) is 58.0 cm³/mol. The zero-order valence-electron chi connectivity index (χ0n) is 9.72. The summed E-state index contributed by atoms with van der Waals surface area (Å²) in [5.74, 6) is 0.749. The lowest BCUT2D eigenvalue weighted by atomic mass is 9.90. The molecule has 0 aliphatic carbocycles. The number of nitrogens with one attached hydrogen (secondary N) is 1. The molecule has 0 amide bonds. The minimum Gasteiger partial charge on any atom is -0.309 e. The number of likely N-dealkylation sites (N-methyl/N-ethyl adjacent to an activating group) is 1. The fourth-order valence-electron chi connectivity index (χ4n) is 2.21. The Hall–Kier alpha value is -0.0800. The quantitative estimate of drug-likeness (QED) is 0.703. The smallest absolute Gasteiger partial charge is 0.0278 e. The van der Waals surface area contributed by atoms with E-state index in [9.17, 15) is 0 Å². The molecule has 0 aromatic heterocycles. The summed E-state index contributed by atoms with van der Waals surface area (Å²) in [6.07, 6.45) is 1.21. The minimum atomic E-state index is 0.333. The van der Waals surface area contributed by atoms with Crippen LogP contribution in [0.3, 0.4) is 0 Å². The van der Waals surface area contributed by atoms with Gasteiger partial charge in [-0.15, -0.1) is 0 Å². The monoisotopic (exact) mass is 184 g/mol. The fraction of sp³-hybridized carbons (Fsp3) is 1.00. The lowest BCUT2D eigenvalue weighted by molar-refractivity contribution is 0.0840. The highest BCUT2D eigenvalue weighted by atomic mass is 15.2. The van der Waals surface area contributed by atoms with Crippen LogP contribution in [0, 0.1) is 5.92 Å². The van der Waals surface area contributed by atoms with Crippen LogP contribution in [0.4, 0.5) is 0 Å². The SMILES string of the molecule is CCC1(C)CN(C)C(C(C)C)CN1. The van der Waals surface area contributed by atoms with Crippen LogP contribution in [-0.2, 0) is 0 Å². The van der Waals surface area contributed by atoms with Gasteiger partial charge in [-0.2, -0.15) is 0 Å². The average Bonchev–Trinajstić information content (AvgIpc) is 2.03. The Morgan fingerprint density at radius 1 is 1.54 bits per heavy atom. The second-order valence-electron chi connectivity index (χ2n) is 5.02. The van der Waals surface area contributed by atoms with Gasteiger partial charge in [0, 0.05) is 24.7 Å². The van der Waals surface area contributed by atoms with Crippen molar-refractivity contribution < 1.29 is 0 Å². The van der Waals surface area contributed by atoms with Crippen molar-refractivity contribution in [1.82, 2.24) is 10.2 Å². The van der Waals surface area contributed by atoms with E-state index in [0.717, 1.165) is 12.5 Å². The molecule has 0 aromatic rings. The van der Waals surface area contributed by atoms with Crippen molar-refractivity contribution in [2.45, 2.75) is 45.7 Å². The Balaban J connectivity index is 2.56. The normalized spacial score (nSPS) is 36.9. The molecule has 0 saturated carbocycles. The van der Waals surface area contributed by atoms with Crippen LogP contribution in [0.5, 0.6) is 0 Å². The molecular weight excluding hydrogens is 160 g/mol. The number of hydrogen-bond acceptors (Lipinski definition) is 2. The summed E-state index contributed by atoms with van der Waals surface area (Å²) in [5, 5.41) is 3.67. The van der Waals surface area contributed by atoms with Gasteiger partial charge in [0.2, 0.25) is 0 Å². The molecule has 0 bridgehead atoms. The highest BCUT2D eigenvalue weighted by Gasteiger charge is 2.33. The minimum absolute atomic E-state index is 0.333. The third kappa shape index (κ3) is 2.44. The van der Waals surface area contributed by atoms with Gasteiger partial charge in [-0.1, -0.05) is 20.8 Å². The second kappa shape index (κ2) is 3.97. The molecule has 1 aliphatic rings. The summed E-state index contributed by atoms with van der Waals surface area (Å²) in [6.45, 7) is 11.5. The molecule has 78 valence electrons. The van der Waals surface area contributed by atoms with Crippen LogP contribution < -0.4 is 5.32 Å². The first-order valence-corrected chi connectivity index (χ1v) is 5.44. The third-order valence-corrected chi connectivity index (χ3v) is 3.45. The fourth-order valence-corrected chi connectivity index (χ4v) is 2.21. The molecule has 1 fully saturated rings. The van der Waals surface area contributed by atoms with Crippen molar-refractivity contribution in [3.05, 3.63) is 0 Å². The van der Waals surface area contributed by atoms with E-state index in [0.29, 0.717) is 11.6 Å². The van der Waals surface area contributed by atoms with E-state index in [1.807, 2.05) is 0 Å². The van der Waals surface area contributed by atoms with Crippen molar-refractivity contribution in [1.29, 1.82) is 0 Å². The molecule has 1 aliphatic heterocycles. The van der Waals surface area contributed by atoms with Crippen LogP contribution in [-0.4, -0.2) is 36.6 Å². The van der Waals surface area contributed by atoms with Crippen LogP contribution in [0.1, 0.15) is 34.1 Å². The zero-order valence-corrected chi connectivity index (χ0v) is 9.72. The van der Waals surface area contributed by atoms with Gasteiger partial charge < -0.3 is 10.2 Å². The largest absolute Gasteiger partial charge is 0.309 e. The lowest BCUT2D eigenvalue weighted by Gasteiger charge is -2.45. The van der Waals surface area contributed by atoms with Crippen LogP contribution in [0.15, 0.2) is 0 Å². The summed E-state index contributed by atoms with van der Waals surface area (Å²) < 4.78 is 0.